The first-order valence-corrected chi connectivity index (χ1v) is 7.25. The van der Waals surface area contributed by atoms with Crippen molar-refractivity contribution in [3.8, 4) is 0 Å². The SMILES string of the molecule is CCCCN(CCCC)Cc1cc(N)nn1CC. The molecule has 0 atom stereocenters. The molecule has 1 aromatic rings. The van der Waals surface area contributed by atoms with E-state index < -0.39 is 0 Å². The number of anilines is 1. The Hall–Kier alpha value is -1.03. The molecule has 18 heavy (non-hydrogen) atoms. The van der Waals surface area contributed by atoms with E-state index in [4.69, 9.17) is 5.73 Å². The highest BCUT2D eigenvalue weighted by molar-refractivity contribution is 5.29. The zero-order valence-electron chi connectivity index (χ0n) is 12.2. The van der Waals surface area contributed by atoms with Gasteiger partial charge in [-0.25, -0.2) is 0 Å². The lowest BCUT2D eigenvalue weighted by Crippen LogP contribution is -2.27. The van der Waals surface area contributed by atoms with E-state index in [1.807, 2.05) is 10.7 Å². The average molecular weight is 252 g/mol. The highest BCUT2D eigenvalue weighted by atomic mass is 15.3. The van der Waals surface area contributed by atoms with Crippen LogP contribution in [0.5, 0.6) is 0 Å². The Morgan fingerprint density at radius 1 is 1.17 bits per heavy atom. The number of aryl methyl sites for hydroxylation is 1. The number of nitrogens with two attached hydrogens (primary N) is 1. The van der Waals surface area contributed by atoms with E-state index in [1.165, 1.54) is 44.5 Å². The maximum atomic E-state index is 5.78. The molecule has 4 heteroatoms. The van der Waals surface area contributed by atoms with Gasteiger partial charge in [-0.15, -0.1) is 0 Å². The Balaban J connectivity index is 2.61. The third-order valence-electron chi connectivity index (χ3n) is 3.22. The van der Waals surface area contributed by atoms with Gasteiger partial charge in [0, 0.05) is 19.2 Å². The Morgan fingerprint density at radius 3 is 2.28 bits per heavy atom. The second-order valence-corrected chi connectivity index (χ2v) is 4.86. The second-order valence-electron chi connectivity index (χ2n) is 4.86. The molecule has 0 aliphatic rings. The van der Waals surface area contributed by atoms with Crippen molar-refractivity contribution in [3.63, 3.8) is 0 Å². The summed E-state index contributed by atoms with van der Waals surface area (Å²) in [5.74, 6) is 0.637. The molecule has 0 spiro atoms. The number of nitrogens with zero attached hydrogens (tertiary/aromatic N) is 3. The average Bonchev–Trinajstić information content (AvgIpc) is 2.72. The van der Waals surface area contributed by atoms with Crippen molar-refractivity contribution in [3.05, 3.63) is 11.8 Å². The molecule has 0 unspecified atom stereocenters. The second kappa shape index (κ2) is 8.14. The van der Waals surface area contributed by atoms with Crippen molar-refractivity contribution in [1.29, 1.82) is 0 Å². The zero-order chi connectivity index (χ0) is 13.4. The van der Waals surface area contributed by atoms with Gasteiger partial charge in [0.1, 0.15) is 5.82 Å². The van der Waals surface area contributed by atoms with Gasteiger partial charge in [-0.1, -0.05) is 26.7 Å². The van der Waals surface area contributed by atoms with Gasteiger partial charge in [-0.3, -0.25) is 9.58 Å². The number of nitrogen functional groups attached to an aromatic ring is 1. The van der Waals surface area contributed by atoms with Crippen molar-refractivity contribution in [2.45, 2.75) is 59.5 Å². The monoisotopic (exact) mass is 252 g/mol. The van der Waals surface area contributed by atoms with Crippen LogP contribution >= 0.6 is 0 Å². The van der Waals surface area contributed by atoms with Gasteiger partial charge in [0.2, 0.25) is 0 Å². The predicted octanol–water partition coefficient (Wildman–Crippen LogP) is 2.89. The minimum atomic E-state index is 0.637. The lowest BCUT2D eigenvalue weighted by molar-refractivity contribution is 0.249. The van der Waals surface area contributed by atoms with E-state index >= 15 is 0 Å². The smallest absolute Gasteiger partial charge is 0.145 e. The van der Waals surface area contributed by atoms with Gasteiger partial charge >= 0.3 is 0 Å². The van der Waals surface area contributed by atoms with Crippen molar-refractivity contribution >= 4 is 5.82 Å². The van der Waals surface area contributed by atoms with Crippen LogP contribution in [0, 0.1) is 0 Å². The van der Waals surface area contributed by atoms with E-state index in [-0.39, 0.29) is 0 Å². The number of unbranched alkanes of at least 4 members (excludes halogenated alkanes) is 2. The molecular formula is C14H28N4. The minimum Gasteiger partial charge on any atom is -0.382 e. The van der Waals surface area contributed by atoms with Crippen LogP contribution in [0.1, 0.15) is 52.1 Å². The lowest BCUT2D eigenvalue weighted by Gasteiger charge is -2.22. The minimum absolute atomic E-state index is 0.637. The molecule has 0 amide bonds. The molecule has 1 heterocycles. The van der Waals surface area contributed by atoms with Crippen LogP contribution in [0.4, 0.5) is 5.82 Å². The molecule has 0 fully saturated rings. The van der Waals surface area contributed by atoms with E-state index in [1.54, 1.807) is 0 Å². The largest absolute Gasteiger partial charge is 0.382 e. The van der Waals surface area contributed by atoms with Crippen molar-refractivity contribution in [2.75, 3.05) is 18.8 Å². The maximum Gasteiger partial charge on any atom is 0.145 e. The Bertz CT molecular complexity index is 325. The topological polar surface area (TPSA) is 47.1 Å². The molecule has 1 rings (SSSR count). The number of aromatic nitrogens is 2. The standard InChI is InChI=1S/C14H28N4/c1-4-7-9-17(10-8-5-2)12-13-11-14(15)16-18(13)6-3/h11H,4-10,12H2,1-3H3,(H2,15,16). The molecule has 0 saturated carbocycles. The predicted molar refractivity (Wildman–Crippen MR) is 77.4 cm³/mol. The van der Waals surface area contributed by atoms with Gasteiger partial charge < -0.3 is 5.73 Å². The third-order valence-corrected chi connectivity index (χ3v) is 3.22. The highest BCUT2D eigenvalue weighted by Gasteiger charge is 2.10. The quantitative estimate of drug-likeness (QED) is 0.735. The summed E-state index contributed by atoms with van der Waals surface area (Å²) in [6.45, 7) is 10.8. The maximum absolute atomic E-state index is 5.78. The molecule has 0 aromatic carbocycles. The van der Waals surface area contributed by atoms with Crippen molar-refractivity contribution < 1.29 is 0 Å². The number of hydrogen-bond donors (Lipinski definition) is 1. The summed E-state index contributed by atoms with van der Waals surface area (Å²) in [5.41, 5.74) is 7.02. The molecule has 0 aliphatic heterocycles. The summed E-state index contributed by atoms with van der Waals surface area (Å²) in [4.78, 5) is 2.52. The van der Waals surface area contributed by atoms with E-state index in [0.717, 1.165) is 13.1 Å². The van der Waals surface area contributed by atoms with Crippen molar-refractivity contribution in [1.82, 2.24) is 14.7 Å². The summed E-state index contributed by atoms with van der Waals surface area (Å²) >= 11 is 0. The Morgan fingerprint density at radius 2 is 1.78 bits per heavy atom. The van der Waals surface area contributed by atoms with Gasteiger partial charge in [-0.05, 0) is 32.9 Å². The number of rotatable bonds is 9. The lowest BCUT2D eigenvalue weighted by atomic mass is 10.2. The molecule has 0 radical (unpaired) electrons. The van der Waals surface area contributed by atoms with Crippen LogP contribution in [0.3, 0.4) is 0 Å². The van der Waals surface area contributed by atoms with Gasteiger partial charge in [0.15, 0.2) is 0 Å². The fraction of sp³-hybridized carbons (Fsp3) is 0.786. The molecule has 2 N–H and O–H groups in total. The molecule has 1 aromatic heterocycles. The van der Waals surface area contributed by atoms with E-state index in [9.17, 15) is 0 Å². The summed E-state index contributed by atoms with van der Waals surface area (Å²) in [6.07, 6.45) is 5.02. The fourth-order valence-corrected chi connectivity index (χ4v) is 2.14. The van der Waals surface area contributed by atoms with Crippen LogP contribution < -0.4 is 5.73 Å². The first-order valence-electron chi connectivity index (χ1n) is 7.25. The van der Waals surface area contributed by atoms with Crippen LogP contribution in [0.15, 0.2) is 6.07 Å². The number of hydrogen-bond acceptors (Lipinski definition) is 3. The fourth-order valence-electron chi connectivity index (χ4n) is 2.14. The molecular weight excluding hydrogens is 224 g/mol. The summed E-state index contributed by atoms with van der Waals surface area (Å²) < 4.78 is 2.01. The molecule has 0 aliphatic carbocycles. The van der Waals surface area contributed by atoms with Gasteiger partial charge in [-0.2, -0.15) is 5.10 Å². The zero-order valence-corrected chi connectivity index (χ0v) is 12.2. The van der Waals surface area contributed by atoms with Crippen LogP contribution in [0.25, 0.3) is 0 Å². The third kappa shape index (κ3) is 4.69. The van der Waals surface area contributed by atoms with Crippen LogP contribution in [-0.4, -0.2) is 27.8 Å². The Kier molecular flexibility index (Phi) is 6.80. The molecule has 0 saturated heterocycles. The first-order chi connectivity index (χ1) is 8.71. The van der Waals surface area contributed by atoms with E-state index in [2.05, 4.69) is 30.8 Å². The van der Waals surface area contributed by atoms with E-state index in [0.29, 0.717) is 5.82 Å². The molecule has 0 bridgehead atoms. The highest BCUT2D eigenvalue weighted by Crippen LogP contribution is 2.11. The summed E-state index contributed by atoms with van der Waals surface area (Å²) in [5, 5.41) is 4.31. The van der Waals surface area contributed by atoms with Gasteiger partial charge in [0.25, 0.3) is 0 Å². The molecule has 4 nitrogen and oxygen atoms in total. The molecule has 104 valence electrons. The normalized spacial score (nSPS) is 11.3. The van der Waals surface area contributed by atoms with Crippen molar-refractivity contribution in [2.24, 2.45) is 0 Å². The first kappa shape index (κ1) is 15.0. The Labute approximate surface area is 111 Å². The van der Waals surface area contributed by atoms with Crippen LogP contribution in [0.2, 0.25) is 0 Å². The van der Waals surface area contributed by atoms with Gasteiger partial charge in [0.05, 0.1) is 5.69 Å². The van der Waals surface area contributed by atoms with Crippen LogP contribution in [-0.2, 0) is 13.1 Å². The summed E-state index contributed by atoms with van der Waals surface area (Å²) in [6, 6.07) is 2.01. The summed E-state index contributed by atoms with van der Waals surface area (Å²) in [7, 11) is 0.